The van der Waals surface area contributed by atoms with Crippen molar-refractivity contribution in [3.63, 3.8) is 0 Å². The molecule has 0 fully saturated rings. The van der Waals surface area contributed by atoms with Gasteiger partial charge in [0.25, 0.3) is 0 Å². The Bertz CT molecular complexity index is 1260. The van der Waals surface area contributed by atoms with Crippen molar-refractivity contribution in [3.8, 4) is 0 Å². The fourth-order valence-electron chi connectivity index (χ4n) is 3.64. The van der Waals surface area contributed by atoms with E-state index in [-0.39, 0.29) is 5.04 Å². The highest BCUT2D eigenvalue weighted by molar-refractivity contribution is 9.10. The Labute approximate surface area is 204 Å². The molecule has 0 bridgehead atoms. The minimum absolute atomic E-state index is 0.259. The molecule has 0 unspecified atom stereocenters. The maximum absolute atomic E-state index is 12.5. The number of hydrogen-bond acceptors (Lipinski definition) is 7. The lowest BCUT2D eigenvalue weighted by molar-refractivity contribution is -0.132. The summed E-state index contributed by atoms with van der Waals surface area (Å²) in [7, 11) is 1.36. The third-order valence-electron chi connectivity index (χ3n) is 5.21. The first-order valence-corrected chi connectivity index (χ1v) is 11.8. The molecule has 0 saturated carbocycles. The van der Waals surface area contributed by atoms with Crippen LogP contribution in [0.25, 0.3) is 0 Å². The van der Waals surface area contributed by atoms with E-state index in [9.17, 15) is 4.79 Å². The van der Waals surface area contributed by atoms with Crippen molar-refractivity contribution in [2.45, 2.75) is 4.99 Å². The minimum atomic E-state index is -0.926. The SMILES string of the molecule is COC(=O)C1=NN(c2ccccc2)[C@@]2(C=CC(c3ccc(Br)cc3)=NN2c2ccccc2)S1. The second-order valence-corrected chi connectivity index (χ2v) is 9.38. The molecule has 2 aliphatic heterocycles. The fourth-order valence-corrected chi connectivity index (χ4v) is 5.08. The number of thioether (sulfide) groups is 1. The normalized spacial score (nSPS) is 19.5. The number of benzene rings is 3. The van der Waals surface area contributed by atoms with Gasteiger partial charge < -0.3 is 4.74 Å². The van der Waals surface area contributed by atoms with Crippen LogP contribution in [0.3, 0.4) is 0 Å². The average molecular weight is 519 g/mol. The Morgan fingerprint density at radius 2 is 1.45 bits per heavy atom. The van der Waals surface area contributed by atoms with E-state index < -0.39 is 11.0 Å². The van der Waals surface area contributed by atoms with Crippen LogP contribution in [0, 0.1) is 0 Å². The minimum Gasteiger partial charge on any atom is -0.464 e. The summed E-state index contributed by atoms with van der Waals surface area (Å²) >= 11 is 4.79. The predicted octanol–water partition coefficient (Wildman–Crippen LogP) is 5.62. The lowest BCUT2D eigenvalue weighted by Gasteiger charge is -2.43. The zero-order valence-corrected chi connectivity index (χ0v) is 20.0. The summed E-state index contributed by atoms with van der Waals surface area (Å²) in [5.41, 5.74) is 3.48. The van der Waals surface area contributed by atoms with Crippen molar-refractivity contribution in [2.75, 3.05) is 17.1 Å². The van der Waals surface area contributed by atoms with Crippen molar-refractivity contribution in [2.24, 2.45) is 10.2 Å². The molecule has 0 radical (unpaired) electrons. The van der Waals surface area contributed by atoms with Crippen LogP contribution in [0.4, 0.5) is 11.4 Å². The molecule has 0 aromatic heterocycles. The van der Waals surface area contributed by atoms with Gasteiger partial charge in [-0.25, -0.2) is 14.8 Å². The highest BCUT2D eigenvalue weighted by Crippen LogP contribution is 2.47. The van der Waals surface area contributed by atoms with Crippen LogP contribution in [0.2, 0.25) is 0 Å². The Hall–Kier alpha value is -3.36. The van der Waals surface area contributed by atoms with Gasteiger partial charge in [-0.05, 0) is 60.3 Å². The first kappa shape index (κ1) is 21.5. The molecule has 2 heterocycles. The molecule has 33 heavy (non-hydrogen) atoms. The lowest BCUT2D eigenvalue weighted by Crippen LogP contribution is -2.53. The molecule has 8 heteroatoms. The number of anilines is 2. The number of allylic oxidation sites excluding steroid dienone is 1. The zero-order valence-electron chi connectivity index (χ0n) is 17.6. The second kappa shape index (κ2) is 8.88. The lowest BCUT2D eigenvalue weighted by atomic mass is 10.1. The number of para-hydroxylation sites is 2. The maximum atomic E-state index is 12.5. The first-order valence-electron chi connectivity index (χ1n) is 10.2. The zero-order chi connectivity index (χ0) is 22.8. The molecule has 2 aliphatic rings. The van der Waals surface area contributed by atoms with E-state index in [1.54, 1.807) is 0 Å². The maximum Gasteiger partial charge on any atom is 0.365 e. The largest absolute Gasteiger partial charge is 0.464 e. The van der Waals surface area contributed by atoms with Gasteiger partial charge in [-0.3, -0.25) is 0 Å². The number of rotatable bonds is 4. The van der Waals surface area contributed by atoms with Gasteiger partial charge >= 0.3 is 5.97 Å². The fraction of sp³-hybridized carbons (Fsp3) is 0.0800. The number of carbonyl (C=O) groups excluding carboxylic acids is 1. The predicted molar refractivity (Wildman–Crippen MR) is 137 cm³/mol. The third kappa shape index (κ3) is 3.96. The number of methoxy groups -OCH3 is 1. The molecule has 3 aromatic rings. The summed E-state index contributed by atoms with van der Waals surface area (Å²) in [5, 5.41) is 13.7. The quantitative estimate of drug-likeness (QED) is 0.419. The standard InChI is InChI=1S/C25H19BrN4O2S/c1-32-24(31)23-28-30(21-10-6-3-7-11-21)25(33-23)17-16-22(18-12-14-19(26)15-13-18)27-29(25)20-8-4-2-5-9-20/h2-17H,1H3/t25-/m0/s1. The Kier molecular flexibility index (Phi) is 5.78. The Morgan fingerprint density at radius 1 is 0.879 bits per heavy atom. The molecule has 1 spiro atoms. The van der Waals surface area contributed by atoms with Gasteiger partial charge in [0, 0.05) is 10.0 Å². The van der Waals surface area contributed by atoms with E-state index in [4.69, 9.17) is 9.84 Å². The molecular formula is C25H19BrN4O2S. The van der Waals surface area contributed by atoms with Crippen molar-refractivity contribution in [1.82, 2.24) is 0 Å². The Morgan fingerprint density at radius 3 is 2.03 bits per heavy atom. The topological polar surface area (TPSA) is 57.5 Å². The van der Waals surface area contributed by atoms with E-state index in [1.165, 1.54) is 18.9 Å². The number of halogens is 1. The van der Waals surface area contributed by atoms with Gasteiger partial charge in [0.05, 0.1) is 24.2 Å². The van der Waals surface area contributed by atoms with Crippen LogP contribution >= 0.6 is 27.7 Å². The summed E-state index contributed by atoms with van der Waals surface area (Å²) < 4.78 is 6.00. The number of hydrogen-bond donors (Lipinski definition) is 0. The number of esters is 1. The summed E-state index contributed by atoms with van der Waals surface area (Å²) in [6.45, 7) is 0. The first-order chi connectivity index (χ1) is 16.1. The molecule has 164 valence electrons. The van der Waals surface area contributed by atoms with Gasteiger partial charge in [0.1, 0.15) is 0 Å². The van der Waals surface area contributed by atoms with E-state index in [0.717, 1.165) is 27.1 Å². The van der Waals surface area contributed by atoms with E-state index in [1.807, 2.05) is 107 Å². The number of hydrazone groups is 2. The van der Waals surface area contributed by atoms with Gasteiger partial charge in [-0.2, -0.15) is 10.2 Å². The van der Waals surface area contributed by atoms with Crippen molar-refractivity contribution >= 4 is 55.8 Å². The molecular weight excluding hydrogens is 500 g/mol. The van der Waals surface area contributed by atoms with Gasteiger partial charge in [-0.15, -0.1) is 0 Å². The average Bonchev–Trinajstić information content (AvgIpc) is 3.25. The van der Waals surface area contributed by atoms with Crippen molar-refractivity contribution < 1.29 is 9.53 Å². The molecule has 3 aromatic carbocycles. The van der Waals surface area contributed by atoms with Crippen LogP contribution in [0.5, 0.6) is 0 Å². The van der Waals surface area contributed by atoms with Crippen LogP contribution in [-0.2, 0) is 9.53 Å². The second-order valence-electron chi connectivity index (χ2n) is 7.28. The van der Waals surface area contributed by atoms with E-state index in [0.29, 0.717) is 0 Å². The monoisotopic (exact) mass is 518 g/mol. The van der Waals surface area contributed by atoms with Gasteiger partial charge in [-0.1, -0.05) is 64.5 Å². The van der Waals surface area contributed by atoms with Crippen molar-refractivity contribution in [1.29, 1.82) is 0 Å². The molecule has 1 atom stereocenters. The molecule has 0 amide bonds. The van der Waals surface area contributed by atoms with Crippen LogP contribution < -0.4 is 10.0 Å². The number of ether oxygens (including phenoxy) is 1. The summed E-state index contributed by atoms with van der Waals surface area (Å²) in [6, 6.07) is 27.6. The van der Waals surface area contributed by atoms with Crippen LogP contribution in [0.1, 0.15) is 5.56 Å². The number of nitrogens with zero attached hydrogens (tertiary/aromatic N) is 4. The van der Waals surface area contributed by atoms with E-state index >= 15 is 0 Å². The Balaban J connectivity index is 1.66. The van der Waals surface area contributed by atoms with Gasteiger partial charge in [0.2, 0.25) is 10.0 Å². The van der Waals surface area contributed by atoms with Crippen LogP contribution in [-0.4, -0.2) is 28.8 Å². The van der Waals surface area contributed by atoms with Crippen molar-refractivity contribution in [3.05, 3.63) is 107 Å². The summed E-state index contributed by atoms with van der Waals surface area (Å²) in [4.78, 5) is 11.6. The van der Waals surface area contributed by atoms with Crippen LogP contribution in [0.15, 0.2) is 112 Å². The molecule has 0 aliphatic carbocycles. The summed E-state index contributed by atoms with van der Waals surface area (Å²) in [5.74, 6) is -0.484. The van der Waals surface area contributed by atoms with E-state index in [2.05, 4.69) is 21.0 Å². The number of carbonyl (C=O) groups is 1. The molecule has 5 rings (SSSR count). The van der Waals surface area contributed by atoms with Gasteiger partial charge in [0.15, 0.2) is 0 Å². The molecule has 0 N–H and O–H groups in total. The molecule has 6 nitrogen and oxygen atoms in total. The highest BCUT2D eigenvalue weighted by Gasteiger charge is 2.51. The molecule has 0 saturated heterocycles. The smallest absolute Gasteiger partial charge is 0.365 e. The third-order valence-corrected chi connectivity index (χ3v) is 6.96. The highest BCUT2D eigenvalue weighted by atomic mass is 79.9. The summed E-state index contributed by atoms with van der Waals surface area (Å²) in [6.07, 6.45) is 4.00.